The summed E-state index contributed by atoms with van der Waals surface area (Å²) in [4.78, 5) is 17.1. The number of ether oxygens (including phenoxy) is 1. The van der Waals surface area contributed by atoms with E-state index in [1.165, 1.54) is 4.90 Å². The molecule has 15 heavy (non-hydrogen) atoms. The van der Waals surface area contributed by atoms with Gasteiger partial charge >= 0.3 is 6.09 Å². The Balaban J connectivity index is 2.09. The zero-order valence-corrected chi connectivity index (χ0v) is 8.85. The van der Waals surface area contributed by atoms with Crippen molar-refractivity contribution < 1.29 is 9.53 Å². The van der Waals surface area contributed by atoms with Crippen molar-refractivity contribution >= 4 is 23.5 Å². The molecule has 1 aromatic heterocycles. The van der Waals surface area contributed by atoms with Gasteiger partial charge in [-0.3, -0.25) is 4.90 Å². The molecule has 0 bridgehead atoms. The number of hydrogen-bond donors (Lipinski definition) is 0. The van der Waals surface area contributed by atoms with Crippen molar-refractivity contribution in [1.82, 2.24) is 4.98 Å². The molecule has 1 unspecified atom stereocenters. The first kappa shape index (κ1) is 10.2. The van der Waals surface area contributed by atoms with Crippen LogP contribution >= 0.6 is 11.6 Å². The van der Waals surface area contributed by atoms with Gasteiger partial charge in [-0.1, -0.05) is 6.07 Å². The lowest BCUT2D eigenvalue weighted by atomic mass is 10.3. The number of amides is 1. The van der Waals surface area contributed by atoms with Crippen LogP contribution in [-0.2, 0) is 4.74 Å². The third-order valence-corrected chi connectivity index (χ3v) is 2.45. The van der Waals surface area contributed by atoms with Crippen LogP contribution < -0.4 is 4.90 Å². The zero-order chi connectivity index (χ0) is 10.7. The van der Waals surface area contributed by atoms with Gasteiger partial charge in [-0.15, -0.1) is 11.6 Å². The number of carbonyl (C=O) groups is 1. The van der Waals surface area contributed by atoms with E-state index in [2.05, 4.69) is 4.98 Å². The van der Waals surface area contributed by atoms with E-state index in [9.17, 15) is 4.79 Å². The van der Waals surface area contributed by atoms with Crippen LogP contribution in [0.5, 0.6) is 0 Å². The maximum Gasteiger partial charge on any atom is 0.415 e. The Morgan fingerprint density at radius 3 is 3.13 bits per heavy atom. The second kappa shape index (κ2) is 4.49. The van der Waals surface area contributed by atoms with E-state index in [-0.39, 0.29) is 12.2 Å². The minimum absolute atomic E-state index is 0.114. The number of pyridine rings is 1. The van der Waals surface area contributed by atoms with Crippen molar-refractivity contribution in [3.63, 3.8) is 0 Å². The third kappa shape index (κ3) is 2.21. The Hall–Kier alpha value is -1.29. The fraction of sp³-hybridized carbons (Fsp3) is 0.400. The Labute approximate surface area is 92.8 Å². The van der Waals surface area contributed by atoms with Crippen molar-refractivity contribution in [2.75, 3.05) is 17.3 Å². The molecule has 4 nitrogen and oxygen atoms in total. The number of nitrogens with zero attached hydrogens (tertiary/aromatic N) is 2. The van der Waals surface area contributed by atoms with Crippen LogP contribution in [0.15, 0.2) is 24.4 Å². The first-order valence-electron chi connectivity index (χ1n) is 4.76. The predicted octanol–water partition coefficient (Wildman–Crippen LogP) is 2.04. The van der Waals surface area contributed by atoms with Crippen LogP contribution in [0.1, 0.15) is 6.42 Å². The molecule has 1 amide bonds. The number of alkyl halides is 1. The van der Waals surface area contributed by atoms with Gasteiger partial charge in [-0.05, 0) is 18.6 Å². The molecule has 0 saturated carbocycles. The molecular weight excluding hydrogens is 216 g/mol. The highest BCUT2D eigenvalue weighted by Crippen LogP contribution is 2.20. The van der Waals surface area contributed by atoms with Crippen molar-refractivity contribution in [2.45, 2.75) is 12.5 Å². The van der Waals surface area contributed by atoms with Crippen molar-refractivity contribution in [3.8, 4) is 0 Å². The van der Waals surface area contributed by atoms with Gasteiger partial charge in [0, 0.05) is 12.1 Å². The molecule has 0 radical (unpaired) electrons. The minimum Gasteiger partial charge on any atom is -0.444 e. The van der Waals surface area contributed by atoms with E-state index in [0.717, 1.165) is 0 Å². The second-order valence-electron chi connectivity index (χ2n) is 3.28. The molecule has 1 aliphatic rings. The van der Waals surface area contributed by atoms with Gasteiger partial charge in [-0.25, -0.2) is 9.78 Å². The van der Waals surface area contributed by atoms with Crippen molar-refractivity contribution in [1.29, 1.82) is 0 Å². The minimum atomic E-state index is -0.344. The van der Waals surface area contributed by atoms with Gasteiger partial charge in [-0.2, -0.15) is 0 Å². The van der Waals surface area contributed by atoms with Crippen LogP contribution in [0.3, 0.4) is 0 Å². The fourth-order valence-corrected chi connectivity index (χ4v) is 1.74. The van der Waals surface area contributed by atoms with Crippen LogP contribution in [0.25, 0.3) is 0 Å². The number of aromatic nitrogens is 1. The summed E-state index contributed by atoms with van der Waals surface area (Å²) in [6.07, 6.45) is 1.87. The number of anilines is 1. The van der Waals surface area contributed by atoms with E-state index in [1.54, 1.807) is 18.3 Å². The molecule has 0 spiro atoms. The Bertz CT molecular complexity index is 345. The van der Waals surface area contributed by atoms with E-state index >= 15 is 0 Å². The highest BCUT2D eigenvalue weighted by molar-refractivity contribution is 6.17. The summed E-state index contributed by atoms with van der Waals surface area (Å²) < 4.78 is 5.13. The zero-order valence-electron chi connectivity index (χ0n) is 8.10. The van der Waals surface area contributed by atoms with Gasteiger partial charge < -0.3 is 4.74 Å². The maximum absolute atomic E-state index is 11.5. The quantitative estimate of drug-likeness (QED) is 0.741. The topological polar surface area (TPSA) is 42.4 Å². The molecule has 1 aromatic rings. The lowest BCUT2D eigenvalue weighted by molar-refractivity contribution is 0.140. The molecule has 0 aliphatic carbocycles. The normalized spacial score (nSPS) is 20.5. The highest BCUT2D eigenvalue weighted by Gasteiger charge is 2.32. The number of hydrogen-bond acceptors (Lipinski definition) is 3. The predicted molar refractivity (Wildman–Crippen MR) is 57.2 cm³/mol. The number of halogens is 1. The molecule has 5 heteroatoms. The summed E-state index contributed by atoms with van der Waals surface area (Å²) in [6.45, 7) is 0.530. The number of rotatable bonds is 3. The molecule has 1 saturated heterocycles. The molecule has 80 valence electrons. The molecule has 1 aliphatic heterocycles. The van der Waals surface area contributed by atoms with Gasteiger partial charge in [0.15, 0.2) is 0 Å². The Morgan fingerprint density at radius 2 is 2.47 bits per heavy atom. The van der Waals surface area contributed by atoms with E-state index in [0.29, 0.717) is 24.7 Å². The summed E-state index contributed by atoms with van der Waals surface area (Å²) in [5, 5.41) is 0. The summed E-state index contributed by atoms with van der Waals surface area (Å²) >= 11 is 5.60. The molecular formula is C10H11ClN2O2. The second-order valence-corrected chi connectivity index (χ2v) is 3.66. The monoisotopic (exact) mass is 226 g/mol. The van der Waals surface area contributed by atoms with Gasteiger partial charge in [0.05, 0.1) is 6.54 Å². The van der Waals surface area contributed by atoms with Crippen LogP contribution in [0, 0.1) is 0 Å². The van der Waals surface area contributed by atoms with Crippen LogP contribution in [-0.4, -0.2) is 29.6 Å². The summed E-state index contributed by atoms with van der Waals surface area (Å²) in [6, 6.07) is 5.43. The van der Waals surface area contributed by atoms with Gasteiger partial charge in [0.25, 0.3) is 0 Å². The molecule has 2 rings (SSSR count). The van der Waals surface area contributed by atoms with E-state index in [1.807, 2.05) is 6.07 Å². The SMILES string of the molecule is O=C1OC(CCCl)CN1c1ccccn1. The molecule has 0 aromatic carbocycles. The van der Waals surface area contributed by atoms with E-state index < -0.39 is 0 Å². The first-order valence-corrected chi connectivity index (χ1v) is 5.30. The van der Waals surface area contributed by atoms with Crippen LogP contribution in [0.4, 0.5) is 10.6 Å². The largest absolute Gasteiger partial charge is 0.444 e. The average Bonchev–Trinajstić information content (AvgIpc) is 2.61. The summed E-state index contributed by atoms with van der Waals surface area (Å²) in [5.41, 5.74) is 0. The Morgan fingerprint density at radius 1 is 1.60 bits per heavy atom. The lowest BCUT2D eigenvalue weighted by Gasteiger charge is -2.10. The summed E-state index contributed by atoms with van der Waals surface area (Å²) in [5.74, 6) is 1.12. The molecule has 1 fully saturated rings. The highest BCUT2D eigenvalue weighted by atomic mass is 35.5. The van der Waals surface area contributed by atoms with Crippen molar-refractivity contribution in [2.24, 2.45) is 0 Å². The molecule has 1 atom stereocenters. The van der Waals surface area contributed by atoms with Gasteiger partial charge in [0.2, 0.25) is 0 Å². The molecule has 0 N–H and O–H groups in total. The summed E-state index contributed by atoms with van der Waals surface area (Å²) in [7, 11) is 0. The smallest absolute Gasteiger partial charge is 0.415 e. The first-order chi connectivity index (χ1) is 7.31. The average molecular weight is 227 g/mol. The molecule has 2 heterocycles. The van der Waals surface area contributed by atoms with Gasteiger partial charge in [0.1, 0.15) is 11.9 Å². The fourth-order valence-electron chi connectivity index (χ4n) is 1.49. The third-order valence-electron chi connectivity index (χ3n) is 2.23. The van der Waals surface area contributed by atoms with Crippen LogP contribution in [0.2, 0.25) is 0 Å². The van der Waals surface area contributed by atoms with Crippen molar-refractivity contribution in [3.05, 3.63) is 24.4 Å². The number of cyclic esters (lactones) is 1. The Kier molecular flexibility index (Phi) is 3.06. The van der Waals surface area contributed by atoms with E-state index in [4.69, 9.17) is 16.3 Å². The maximum atomic E-state index is 11.5. The standard InChI is InChI=1S/C10H11ClN2O2/c11-5-4-8-7-13(10(14)15-8)9-3-1-2-6-12-9/h1-3,6,8H,4-5,7H2. The number of carbonyl (C=O) groups excluding carboxylic acids is 1. The lowest BCUT2D eigenvalue weighted by Crippen LogP contribution is -2.25.